The Kier molecular flexibility index (Phi) is 51.2. The van der Waals surface area contributed by atoms with Crippen molar-refractivity contribution in [2.45, 2.75) is 322 Å². The second-order valence-electron chi connectivity index (χ2n) is 19.2. The molecule has 0 amide bonds. The average molecular weight is 889 g/mol. The molecule has 6 nitrogen and oxygen atoms in total. The first-order valence-corrected chi connectivity index (χ1v) is 28.2. The molecule has 0 aliphatic heterocycles. The quantitative estimate of drug-likeness (QED) is 0.0262. The molecule has 63 heavy (non-hydrogen) atoms. The fraction of sp³-hybridized carbons (Fsp3) is 0.912. The fourth-order valence-corrected chi connectivity index (χ4v) is 8.50. The van der Waals surface area contributed by atoms with Crippen LogP contribution in [0.15, 0.2) is 12.2 Å². The first-order valence-electron chi connectivity index (χ1n) is 28.2. The van der Waals surface area contributed by atoms with Crippen molar-refractivity contribution < 1.29 is 28.6 Å². The lowest BCUT2D eigenvalue weighted by molar-refractivity contribution is -0.167. The molecule has 1 unspecified atom stereocenters. The molecule has 0 aromatic rings. The lowest BCUT2D eigenvalue weighted by Gasteiger charge is -2.18. The summed E-state index contributed by atoms with van der Waals surface area (Å²) in [6, 6.07) is 0. The summed E-state index contributed by atoms with van der Waals surface area (Å²) >= 11 is 0. The Bertz CT molecular complexity index is 978. The Morgan fingerprint density at radius 2 is 0.524 bits per heavy atom. The second kappa shape index (κ2) is 52.8. The zero-order valence-electron chi connectivity index (χ0n) is 42.6. The molecule has 6 heteroatoms. The number of hydrogen-bond donors (Lipinski definition) is 0. The summed E-state index contributed by atoms with van der Waals surface area (Å²) in [5.41, 5.74) is 0. The van der Waals surface area contributed by atoms with Gasteiger partial charge in [-0.2, -0.15) is 0 Å². The van der Waals surface area contributed by atoms with Crippen LogP contribution in [-0.4, -0.2) is 37.2 Å². The van der Waals surface area contributed by atoms with Crippen molar-refractivity contribution in [1.82, 2.24) is 0 Å². The molecule has 0 fully saturated rings. The Morgan fingerprint density at radius 3 is 0.794 bits per heavy atom. The van der Waals surface area contributed by atoms with Gasteiger partial charge < -0.3 is 14.2 Å². The van der Waals surface area contributed by atoms with Gasteiger partial charge in [0.05, 0.1) is 0 Å². The van der Waals surface area contributed by atoms with Gasteiger partial charge in [-0.25, -0.2) is 0 Å². The molecule has 1 atom stereocenters. The normalized spacial score (nSPS) is 12.0. The number of carbonyl (C=O) groups is 3. The van der Waals surface area contributed by atoms with Crippen molar-refractivity contribution >= 4 is 17.9 Å². The highest BCUT2D eigenvalue weighted by molar-refractivity contribution is 5.71. The van der Waals surface area contributed by atoms with E-state index in [1.807, 2.05) is 0 Å². The number of allylic oxidation sites excluding steroid dienone is 2. The molecule has 0 aromatic heterocycles. The lowest BCUT2D eigenvalue weighted by Crippen LogP contribution is -2.30. The van der Waals surface area contributed by atoms with Gasteiger partial charge in [-0.3, -0.25) is 14.4 Å². The van der Waals surface area contributed by atoms with Crippen LogP contribution < -0.4 is 0 Å². The third-order valence-corrected chi connectivity index (χ3v) is 12.8. The minimum Gasteiger partial charge on any atom is -0.462 e. The van der Waals surface area contributed by atoms with Gasteiger partial charge in [-0.1, -0.05) is 264 Å². The molecule has 0 heterocycles. The summed E-state index contributed by atoms with van der Waals surface area (Å²) in [7, 11) is 0. The predicted octanol–water partition coefficient (Wildman–Crippen LogP) is 18.5. The van der Waals surface area contributed by atoms with Gasteiger partial charge in [-0.15, -0.1) is 0 Å². The molecule has 0 N–H and O–H groups in total. The topological polar surface area (TPSA) is 78.9 Å². The van der Waals surface area contributed by atoms with Crippen LogP contribution in [0, 0.1) is 0 Å². The van der Waals surface area contributed by atoms with Crippen LogP contribution in [-0.2, 0) is 28.6 Å². The molecule has 0 aromatic carbocycles. The molecule has 372 valence electrons. The molecule has 0 bridgehead atoms. The fourth-order valence-electron chi connectivity index (χ4n) is 8.50. The van der Waals surface area contributed by atoms with E-state index in [2.05, 4.69) is 32.9 Å². The van der Waals surface area contributed by atoms with E-state index in [9.17, 15) is 14.4 Å². The standard InChI is InChI=1S/C57H108O6/c1-4-7-10-13-16-19-21-23-24-25-26-27-28-29-30-31-32-33-34-35-37-38-41-44-47-50-56(59)62-53-54(52-61-55(58)49-46-43-40-18-15-12-9-6-3)63-57(60)51-48-45-42-39-36-22-20-17-14-11-8-5-2/h25-26,54H,4-24,27-53H2,1-3H3/b26-25-. The number of esters is 3. The van der Waals surface area contributed by atoms with E-state index < -0.39 is 6.10 Å². The van der Waals surface area contributed by atoms with E-state index in [0.717, 1.165) is 57.8 Å². The summed E-state index contributed by atoms with van der Waals surface area (Å²) in [6.45, 7) is 6.65. The van der Waals surface area contributed by atoms with Crippen molar-refractivity contribution in [3.05, 3.63) is 12.2 Å². The van der Waals surface area contributed by atoms with E-state index in [1.165, 1.54) is 218 Å². The second-order valence-corrected chi connectivity index (χ2v) is 19.2. The van der Waals surface area contributed by atoms with Crippen LogP contribution in [0.2, 0.25) is 0 Å². The van der Waals surface area contributed by atoms with Crippen LogP contribution in [0.3, 0.4) is 0 Å². The van der Waals surface area contributed by atoms with Gasteiger partial charge in [-0.05, 0) is 44.9 Å². The first-order chi connectivity index (χ1) is 31.0. The van der Waals surface area contributed by atoms with Crippen molar-refractivity contribution in [2.75, 3.05) is 13.2 Å². The summed E-state index contributed by atoms with van der Waals surface area (Å²) in [5, 5.41) is 0. The monoisotopic (exact) mass is 889 g/mol. The summed E-state index contributed by atoms with van der Waals surface area (Å²) in [6.07, 6.45) is 59.4. The van der Waals surface area contributed by atoms with Crippen molar-refractivity contribution in [1.29, 1.82) is 0 Å². The minimum atomic E-state index is -0.761. The maximum atomic E-state index is 12.8. The molecular formula is C57H108O6. The number of hydrogen-bond acceptors (Lipinski definition) is 6. The van der Waals surface area contributed by atoms with Gasteiger partial charge in [0.1, 0.15) is 13.2 Å². The van der Waals surface area contributed by atoms with Gasteiger partial charge in [0, 0.05) is 19.3 Å². The van der Waals surface area contributed by atoms with E-state index >= 15 is 0 Å². The Labute approximate surface area is 392 Å². The number of unbranched alkanes of at least 4 members (excludes halogenated alkanes) is 39. The summed E-state index contributed by atoms with van der Waals surface area (Å²) in [4.78, 5) is 37.9. The lowest BCUT2D eigenvalue weighted by atomic mass is 10.0. The van der Waals surface area contributed by atoms with Crippen molar-refractivity contribution in [3.63, 3.8) is 0 Å². The van der Waals surface area contributed by atoms with E-state index in [4.69, 9.17) is 14.2 Å². The smallest absolute Gasteiger partial charge is 0.306 e. The zero-order chi connectivity index (χ0) is 45.8. The van der Waals surface area contributed by atoms with Crippen LogP contribution in [0.5, 0.6) is 0 Å². The molecule has 0 saturated carbocycles. The third-order valence-electron chi connectivity index (χ3n) is 12.8. The molecule has 0 radical (unpaired) electrons. The molecule has 0 saturated heterocycles. The maximum Gasteiger partial charge on any atom is 0.306 e. The van der Waals surface area contributed by atoms with E-state index in [0.29, 0.717) is 19.3 Å². The average Bonchev–Trinajstić information content (AvgIpc) is 3.28. The van der Waals surface area contributed by atoms with Gasteiger partial charge >= 0.3 is 17.9 Å². The third kappa shape index (κ3) is 51.0. The van der Waals surface area contributed by atoms with Crippen molar-refractivity contribution in [3.8, 4) is 0 Å². The first kappa shape index (κ1) is 61.1. The van der Waals surface area contributed by atoms with Crippen LogP contribution in [0.25, 0.3) is 0 Å². The minimum absolute atomic E-state index is 0.0646. The molecular weight excluding hydrogens is 781 g/mol. The predicted molar refractivity (Wildman–Crippen MR) is 270 cm³/mol. The Morgan fingerprint density at radius 1 is 0.302 bits per heavy atom. The largest absolute Gasteiger partial charge is 0.462 e. The Balaban J connectivity index is 4.08. The summed E-state index contributed by atoms with van der Waals surface area (Å²) in [5.74, 6) is -0.851. The number of ether oxygens (including phenoxy) is 3. The number of rotatable bonds is 52. The molecule has 0 rings (SSSR count). The van der Waals surface area contributed by atoms with Crippen LogP contribution in [0.4, 0.5) is 0 Å². The highest BCUT2D eigenvalue weighted by atomic mass is 16.6. The van der Waals surface area contributed by atoms with Gasteiger partial charge in [0.25, 0.3) is 0 Å². The highest BCUT2D eigenvalue weighted by Crippen LogP contribution is 2.17. The summed E-state index contributed by atoms with van der Waals surface area (Å²) < 4.78 is 16.8. The van der Waals surface area contributed by atoms with Crippen molar-refractivity contribution in [2.24, 2.45) is 0 Å². The molecule has 0 aliphatic rings. The van der Waals surface area contributed by atoms with Crippen LogP contribution in [0.1, 0.15) is 316 Å². The molecule has 0 aliphatic carbocycles. The maximum absolute atomic E-state index is 12.8. The zero-order valence-corrected chi connectivity index (χ0v) is 42.6. The van der Waals surface area contributed by atoms with Crippen LogP contribution >= 0.6 is 0 Å². The SMILES string of the molecule is CCCCCCCCCC/C=C\CCCCCCCCCCCCCCCC(=O)OCC(COC(=O)CCCCCCCCCC)OC(=O)CCCCCCCCCCCCCC. The Hall–Kier alpha value is -1.85. The molecule has 0 spiro atoms. The van der Waals surface area contributed by atoms with Gasteiger partial charge in [0.15, 0.2) is 6.10 Å². The van der Waals surface area contributed by atoms with E-state index in [-0.39, 0.29) is 31.1 Å². The number of carbonyl (C=O) groups excluding carboxylic acids is 3. The van der Waals surface area contributed by atoms with Gasteiger partial charge in [0.2, 0.25) is 0 Å². The van der Waals surface area contributed by atoms with E-state index in [1.54, 1.807) is 0 Å². The highest BCUT2D eigenvalue weighted by Gasteiger charge is 2.19.